The number of ketones is 1. The molecule has 0 saturated carbocycles. The van der Waals surface area contributed by atoms with E-state index >= 15 is 0 Å². The zero-order valence-corrected chi connectivity index (χ0v) is 12.0. The number of hydrogen-bond donors (Lipinski definition) is 0. The third-order valence-electron chi connectivity index (χ3n) is 2.79. The summed E-state index contributed by atoms with van der Waals surface area (Å²) in [5.41, 5.74) is 1.35. The van der Waals surface area contributed by atoms with Crippen molar-refractivity contribution in [2.45, 2.75) is 13.0 Å². The molecule has 21 heavy (non-hydrogen) atoms. The lowest BCUT2D eigenvalue weighted by Gasteiger charge is -2.13. The lowest BCUT2D eigenvalue weighted by atomic mass is 10.1. The molecule has 0 unspecified atom stereocenters. The molecule has 2 aromatic carbocycles. The summed E-state index contributed by atoms with van der Waals surface area (Å²) >= 11 is 5.72. The van der Waals surface area contributed by atoms with Gasteiger partial charge < -0.3 is 0 Å². The van der Waals surface area contributed by atoms with Crippen molar-refractivity contribution < 1.29 is 14.4 Å². The molecular formula is C16H14ClNO3. The standard InChI is InChI=1S/C16H14ClNO3/c17-18(21-12-13-7-3-1-4-8-13)16(20)11-15(19)14-9-5-2-6-10-14/h1-10H,11-12H2. The quantitative estimate of drug-likeness (QED) is 0.356. The molecule has 0 bridgehead atoms. The number of Topliss-reactive ketones (excluding diaryl/α,β-unsaturated/α-hetero) is 1. The van der Waals surface area contributed by atoms with Crippen molar-refractivity contribution in [3.63, 3.8) is 0 Å². The van der Waals surface area contributed by atoms with Crippen LogP contribution in [0.3, 0.4) is 0 Å². The monoisotopic (exact) mass is 303 g/mol. The smallest absolute Gasteiger partial charge is 0.269 e. The highest BCUT2D eigenvalue weighted by atomic mass is 35.5. The average molecular weight is 304 g/mol. The molecule has 0 N–H and O–H groups in total. The highest BCUT2D eigenvalue weighted by molar-refractivity contribution is 6.22. The maximum atomic E-state index is 11.9. The molecule has 0 aliphatic carbocycles. The molecular weight excluding hydrogens is 290 g/mol. The number of rotatable bonds is 6. The van der Waals surface area contributed by atoms with E-state index in [1.807, 2.05) is 30.3 Å². The average Bonchev–Trinajstić information content (AvgIpc) is 2.54. The van der Waals surface area contributed by atoms with E-state index in [1.165, 1.54) is 0 Å². The van der Waals surface area contributed by atoms with Crippen molar-refractivity contribution in [1.29, 1.82) is 0 Å². The second-order valence-electron chi connectivity index (χ2n) is 4.36. The van der Waals surface area contributed by atoms with Gasteiger partial charge in [-0.1, -0.05) is 60.7 Å². The highest BCUT2D eigenvalue weighted by Gasteiger charge is 2.17. The summed E-state index contributed by atoms with van der Waals surface area (Å²) in [5, 5.41) is 0. The topological polar surface area (TPSA) is 46.6 Å². The SMILES string of the molecule is O=C(CC(=O)N(Cl)OCc1ccccc1)c1ccccc1. The van der Waals surface area contributed by atoms with E-state index in [9.17, 15) is 9.59 Å². The maximum Gasteiger partial charge on any atom is 0.269 e. The fourth-order valence-corrected chi connectivity index (χ4v) is 1.81. The van der Waals surface area contributed by atoms with E-state index < -0.39 is 5.91 Å². The Bertz CT molecular complexity index is 601. The van der Waals surface area contributed by atoms with Gasteiger partial charge in [0.2, 0.25) is 0 Å². The second kappa shape index (κ2) is 7.57. The van der Waals surface area contributed by atoms with Crippen LogP contribution < -0.4 is 0 Å². The maximum absolute atomic E-state index is 11.9. The first kappa shape index (κ1) is 15.2. The number of carbonyl (C=O) groups excluding carboxylic acids is 2. The Kier molecular flexibility index (Phi) is 5.49. The molecule has 2 rings (SSSR count). The Balaban J connectivity index is 1.84. The highest BCUT2D eigenvalue weighted by Crippen LogP contribution is 2.09. The first-order chi connectivity index (χ1) is 10.2. The molecule has 0 heterocycles. The molecule has 4 nitrogen and oxygen atoms in total. The van der Waals surface area contributed by atoms with Gasteiger partial charge >= 0.3 is 0 Å². The van der Waals surface area contributed by atoms with Gasteiger partial charge in [-0.15, -0.1) is 4.58 Å². The van der Waals surface area contributed by atoms with Crippen LogP contribution in [0.25, 0.3) is 0 Å². The third-order valence-corrected chi connectivity index (χ3v) is 3.08. The lowest BCUT2D eigenvalue weighted by Crippen LogP contribution is -2.24. The zero-order valence-electron chi connectivity index (χ0n) is 11.2. The number of benzene rings is 2. The number of hydrogen-bond acceptors (Lipinski definition) is 3. The molecule has 0 radical (unpaired) electrons. The number of nitrogens with zero attached hydrogens (tertiary/aromatic N) is 1. The summed E-state index contributed by atoms with van der Waals surface area (Å²) < 4.78 is 0.591. The molecule has 0 spiro atoms. The third kappa shape index (κ3) is 4.70. The molecule has 0 aliphatic rings. The van der Waals surface area contributed by atoms with Gasteiger partial charge in [0, 0.05) is 17.3 Å². The van der Waals surface area contributed by atoms with Crippen molar-refractivity contribution in [3.8, 4) is 0 Å². The van der Waals surface area contributed by atoms with Crippen LogP contribution >= 0.6 is 11.8 Å². The fourth-order valence-electron chi connectivity index (χ4n) is 1.70. The molecule has 2 aromatic rings. The zero-order chi connectivity index (χ0) is 15.1. The molecule has 1 amide bonds. The normalized spacial score (nSPS) is 10.1. The van der Waals surface area contributed by atoms with Crippen LogP contribution in [0.2, 0.25) is 0 Å². The summed E-state index contributed by atoms with van der Waals surface area (Å²) in [7, 11) is 0. The fraction of sp³-hybridized carbons (Fsp3) is 0.125. The molecule has 0 aromatic heterocycles. The summed E-state index contributed by atoms with van der Waals surface area (Å²) in [6.45, 7) is 0.162. The van der Waals surface area contributed by atoms with Crippen LogP contribution in [0.15, 0.2) is 60.7 Å². The largest absolute Gasteiger partial charge is 0.294 e. The van der Waals surface area contributed by atoms with Crippen molar-refractivity contribution >= 4 is 23.5 Å². The van der Waals surface area contributed by atoms with Gasteiger partial charge in [0.1, 0.15) is 6.61 Å². The second-order valence-corrected chi connectivity index (χ2v) is 4.67. The van der Waals surface area contributed by atoms with Crippen LogP contribution in [0.4, 0.5) is 0 Å². The van der Waals surface area contributed by atoms with Crippen LogP contribution in [0, 0.1) is 0 Å². The Morgan fingerprint density at radius 3 is 2.14 bits per heavy atom. The predicted molar refractivity (Wildman–Crippen MR) is 79.3 cm³/mol. The molecule has 0 saturated heterocycles. The molecule has 0 atom stereocenters. The Hall–Kier alpha value is -2.17. The van der Waals surface area contributed by atoms with E-state index in [2.05, 4.69) is 0 Å². The molecule has 0 fully saturated rings. The van der Waals surface area contributed by atoms with Crippen LogP contribution in [0.1, 0.15) is 22.3 Å². The van der Waals surface area contributed by atoms with Gasteiger partial charge in [0.15, 0.2) is 5.78 Å². The van der Waals surface area contributed by atoms with Crippen molar-refractivity contribution in [3.05, 3.63) is 71.8 Å². The minimum Gasteiger partial charge on any atom is -0.294 e. The van der Waals surface area contributed by atoms with E-state index in [1.54, 1.807) is 30.3 Å². The molecule has 5 heteroatoms. The van der Waals surface area contributed by atoms with Crippen molar-refractivity contribution in [2.24, 2.45) is 0 Å². The summed E-state index contributed by atoms with van der Waals surface area (Å²) in [4.78, 5) is 28.8. The minimum absolute atomic E-state index is 0.162. The Morgan fingerprint density at radius 1 is 0.952 bits per heavy atom. The van der Waals surface area contributed by atoms with Gasteiger partial charge in [-0.3, -0.25) is 14.4 Å². The van der Waals surface area contributed by atoms with Crippen LogP contribution in [-0.4, -0.2) is 16.3 Å². The molecule has 108 valence electrons. The summed E-state index contributed by atoms with van der Waals surface area (Å²) in [6.07, 6.45) is -0.331. The van der Waals surface area contributed by atoms with E-state index in [0.717, 1.165) is 5.56 Å². The number of carbonyl (C=O) groups is 2. The predicted octanol–water partition coefficient (Wildman–Crippen LogP) is 3.37. The van der Waals surface area contributed by atoms with Gasteiger partial charge in [-0.2, -0.15) is 0 Å². The number of hydroxylamine groups is 1. The first-order valence-corrected chi connectivity index (χ1v) is 6.74. The van der Waals surface area contributed by atoms with E-state index in [-0.39, 0.29) is 18.8 Å². The lowest BCUT2D eigenvalue weighted by molar-refractivity contribution is -0.160. The van der Waals surface area contributed by atoms with Crippen LogP contribution in [0.5, 0.6) is 0 Å². The van der Waals surface area contributed by atoms with Crippen molar-refractivity contribution in [1.82, 2.24) is 4.58 Å². The van der Waals surface area contributed by atoms with Gasteiger partial charge in [-0.25, -0.2) is 0 Å². The van der Waals surface area contributed by atoms with Gasteiger partial charge in [0.25, 0.3) is 5.91 Å². The minimum atomic E-state index is -0.596. The van der Waals surface area contributed by atoms with E-state index in [4.69, 9.17) is 16.6 Å². The number of halogens is 1. The van der Waals surface area contributed by atoms with Gasteiger partial charge in [-0.05, 0) is 5.56 Å². The molecule has 0 aliphatic heterocycles. The Labute approximate surface area is 128 Å². The van der Waals surface area contributed by atoms with Gasteiger partial charge in [0.05, 0.1) is 6.42 Å². The number of amides is 1. The Morgan fingerprint density at radius 2 is 1.52 bits per heavy atom. The van der Waals surface area contributed by atoms with Crippen molar-refractivity contribution in [2.75, 3.05) is 0 Å². The summed E-state index contributed by atoms with van der Waals surface area (Å²) in [5.74, 6) is -0.893. The summed E-state index contributed by atoms with van der Waals surface area (Å²) in [6, 6.07) is 17.9. The van der Waals surface area contributed by atoms with Crippen LogP contribution in [-0.2, 0) is 16.2 Å². The van der Waals surface area contributed by atoms with E-state index in [0.29, 0.717) is 10.1 Å². The first-order valence-electron chi connectivity index (χ1n) is 6.40.